The summed E-state index contributed by atoms with van der Waals surface area (Å²) in [6, 6.07) is 12.2. The van der Waals surface area contributed by atoms with Crippen molar-refractivity contribution in [2.45, 2.75) is 27.4 Å². The Morgan fingerprint density at radius 3 is 2.61 bits per heavy atom. The highest BCUT2D eigenvalue weighted by molar-refractivity contribution is 6.03. The van der Waals surface area contributed by atoms with Crippen LogP contribution in [0.25, 0.3) is 6.08 Å². The molecule has 0 fully saturated rings. The quantitative estimate of drug-likeness (QED) is 0.418. The third-order valence-electron chi connectivity index (χ3n) is 4.70. The maximum absolute atomic E-state index is 12.2. The van der Waals surface area contributed by atoms with Crippen molar-refractivity contribution in [3.05, 3.63) is 76.7 Å². The number of benzene rings is 2. The Balaban J connectivity index is 1.66. The van der Waals surface area contributed by atoms with E-state index in [9.17, 15) is 9.59 Å². The predicted molar refractivity (Wildman–Crippen MR) is 117 cm³/mol. The van der Waals surface area contributed by atoms with E-state index in [1.807, 2.05) is 19.9 Å². The molecule has 31 heavy (non-hydrogen) atoms. The van der Waals surface area contributed by atoms with Gasteiger partial charge in [0.15, 0.2) is 17.3 Å². The number of methoxy groups -OCH3 is 1. The van der Waals surface area contributed by atoms with Gasteiger partial charge in [-0.1, -0.05) is 23.4 Å². The molecule has 7 heteroatoms. The van der Waals surface area contributed by atoms with Crippen LogP contribution in [0.4, 0.5) is 5.69 Å². The fourth-order valence-electron chi connectivity index (χ4n) is 2.94. The minimum atomic E-state index is -0.307. The molecule has 160 valence electrons. The van der Waals surface area contributed by atoms with Gasteiger partial charge >= 0.3 is 0 Å². The average Bonchev–Trinajstić information content (AvgIpc) is 3.08. The Labute approximate surface area is 180 Å². The number of carbonyl (C=O) groups is 2. The predicted octanol–water partition coefficient (Wildman–Crippen LogP) is 4.73. The zero-order chi connectivity index (χ0) is 22.4. The highest BCUT2D eigenvalue weighted by Gasteiger charge is 2.12. The van der Waals surface area contributed by atoms with Crippen LogP contribution in [0, 0.1) is 13.8 Å². The van der Waals surface area contributed by atoms with Crippen molar-refractivity contribution in [2.24, 2.45) is 0 Å². The molecule has 0 atom stereocenters. The monoisotopic (exact) mass is 420 g/mol. The maximum atomic E-state index is 12.2. The zero-order valence-corrected chi connectivity index (χ0v) is 17.9. The lowest BCUT2D eigenvalue weighted by Gasteiger charge is -2.11. The van der Waals surface area contributed by atoms with Crippen molar-refractivity contribution >= 4 is 23.5 Å². The minimum Gasteiger partial charge on any atom is -0.493 e. The molecule has 0 aliphatic rings. The second-order valence-corrected chi connectivity index (χ2v) is 6.96. The normalized spacial score (nSPS) is 10.8. The van der Waals surface area contributed by atoms with Crippen molar-refractivity contribution in [3.63, 3.8) is 0 Å². The van der Waals surface area contributed by atoms with E-state index in [0.29, 0.717) is 29.4 Å². The molecule has 3 aromatic rings. The first-order valence-electron chi connectivity index (χ1n) is 9.70. The second-order valence-electron chi connectivity index (χ2n) is 6.96. The molecule has 2 aromatic carbocycles. The summed E-state index contributed by atoms with van der Waals surface area (Å²) in [5.41, 5.74) is 3.56. The van der Waals surface area contributed by atoms with Gasteiger partial charge in [0.2, 0.25) is 5.91 Å². The molecule has 0 spiro atoms. The Bertz CT molecular complexity index is 1110. The van der Waals surface area contributed by atoms with Crippen LogP contribution in [-0.2, 0) is 11.4 Å². The van der Waals surface area contributed by atoms with Crippen LogP contribution in [0.5, 0.6) is 11.5 Å². The number of ketones is 1. The Morgan fingerprint density at radius 1 is 1.13 bits per heavy atom. The van der Waals surface area contributed by atoms with Gasteiger partial charge in [-0.3, -0.25) is 9.59 Å². The number of rotatable bonds is 8. The first-order chi connectivity index (χ1) is 14.9. The summed E-state index contributed by atoms with van der Waals surface area (Å²) in [5.74, 6) is 1.47. The third kappa shape index (κ3) is 5.60. The van der Waals surface area contributed by atoms with E-state index in [0.717, 1.165) is 22.6 Å². The van der Waals surface area contributed by atoms with Gasteiger partial charge in [0.1, 0.15) is 12.4 Å². The number of aromatic nitrogens is 1. The van der Waals surface area contributed by atoms with Gasteiger partial charge in [-0.2, -0.15) is 0 Å². The van der Waals surface area contributed by atoms with Crippen molar-refractivity contribution in [2.75, 3.05) is 12.4 Å². The summed E-state index contributed by atoms with van der Waals surface area (Å²) < 4.78 is 16.4. The number of nitrogens with one attached hydrogen (secondary N) is 1. The summed E-state index contributed by atoms with van der Waals surface area (Å²) in [6.45, 7) is 5.50. The molecule has 0 aliphatic carbocycles. The average molecular weight is 420 g/mol. The summed E-state index contributed by atoms with van der Waals surface area (Å²) >= 11 is 0. The van der Waals surface area contributed by atoms with E-state index in [-0.39, 0.29) is 11.7 Å². The molecule has 1 N–H and O–H groups in total. The fourth-order valence-corrected chi connectivity index (χ4v) is 2.94. The highest BCUT2D eigenvalue weighted by Crippen LogP contribution is 2.30. The number of nitrogens with zero attached hydrogens (tertiary/aromatic N) is 1. The van der Waals surface area contributed by atoms with E-state index < -0.39 is 0 Å². The summed E-state index contributed by atoms with van der Waals surface area (Å²) in [5, 5.41) is 6.66. The van der Waals surface area contributed by atoms with Crippen LogP contribution in [0.1, 0.15) is 39.9 Å². The van der Waals surface area contributed by atoms with E-state index in [1.54, 1.807) is 49.6 Å². The molecule has 0 saturated carbocycles. The molecule has 0 bridgehead atoms. The van der Waals surface area contributed by atoms with E-state index >= 15 is 0 Å². The SMILES string of the molecule is COc1cc(/C=C/C(=O)Nc2cccc(C(C)=O)c2)ccc1OCc1c(C)noc1C. The smallest absolute Gasteiger partial charge is 0.248 e. The molecule has 7 nitrogen and oxygen atoms in total. The number of aryl methyl sites for hydroxylation is 2. The molecule has 0 unspecified atom stereocenters. The molecule has 1 amide bonds. The van der Waals surface area contributed by atoms with Gasteiger partial charge in [-0.05, 0) is 56.7 Å². The fraction of sp³-hybridized carbons (Fsp3) is 0.208. The van der Waals surface area contributed by atoms with Gasteiger partial charge in [-0.25, -0.2) is 0 Å². The van der Waals surface area contributed by atoms with Gasteiger partial charge in [0.25, 0.3) is 0 Å². The van der Waals surface area contributed by atoms with Crippen molar-refractivity contribution in [1.82, 2.24) is 5.16 Å². The van der Waals surface area contributed by atoms with Gasteiger partial charge < -0.3 is 19.3 Å². The van der Waals surface area contributed by atoms with Crippen LogP contribution >= 0.6 is 0 Å². The van der Waals surface area contributed by atoms with Crippen LogP contribution in [0.3, 0.4) is 0 Å². The summed E-state index contributed by atoms with van der Waals surface area (Å²) in [4.78, 5) is 23.7. The molecule has 3 rings (SSSR count). The number of anilines is 1. The number of Topliss-reactive ketones (excluding diaryl/α,β-unsaturated/α-hetero) is 1. The van der Waals surface area contributed by atoms with E-state index in [4.69, 9.17) is 14.0 Å². The highest BCUT2D eigenvalue weighted by atomic mass is 16.5. The maximum Gasteiger partial charge on any atom is 0.248 e. The number of hydrogen-bond donors (Lipinski definition) is 1. The number of carbonyl (C=O) groups excluding carboxylic acids is 2. The third-order valence-corrected chi connectivity index (χ3v) is 4.70. The summed E-state index contributed by atoms with van der Waals surface area (Å²) in [6.07, 6.45) is 3.09. The molecular weight excluding hydrogens is 396 g/mol. The van der Waals surface area contributed by atoms with Gasteiger partial charge in [0.05, 0.1) is 18.4 Å². The lowest BCUT2D eigenvalue weighted by atomic mass is 10.1. The van der Waals surface area contributed by atoms with Gasteiger partial charge in [-0.15, -0.1) is 0 Å². The van der Waals surface area contributed by atoms with Crippen LogP contribution in [0.15, 0.2) is 53.1 Å². The Hall–Kier alpha value is -3.87. The number of ether oxygens (including phenoxy) is 2. The number of hydrogen-bond acceptors (Lipinski definition) is 6. The molecule has 1 aromatic heterocycles. The van der Waals surface area contributed by atoms with E-state index in [2.05, 4.69) is 10.5 Å². The van der Waals surface area contributed by atoms with Gasteiger partial charge in [0, 0.05) is 17.3 Å². The standard InChI is InChI=1S/C24H24N2O5/c1-15-21(17(3)31-26-15)14-30-22-10-8-18(12-23(22)29-4)9-11-24(28)25-20-7-5-6-19(13-20)16(2)27/h5-13H,14H2,1-4H3,(H,25,28)/b11-9+. The summed E-state index contributed by atoms with van der Waals surface area (Å²) in [7, 11) is 1.56. The van der Waals surface area contributed by atoms with E-state index in [1.165, 1.54) is 13.0 Å². The first-order valence-corrected chi connectivity index (χ1v) is 9.70. The van der Waals surface area contributed by atoms with Crippen molar-refractivity contribution < 1.29 is 23.6 Å². The molecule has 0 radical (unpaired) electrons. The molecule has 0 aliphatic heterocycles. The lowest BCUT2D eigenvalue weighted by molar-refractivity contribution is -0.111. The van der Waals surface area contributed by atoms with Crippen molar-refractivity contribution in [1.29, 1.82) is 0 Å². The largest absolute Gasteiger partial charge is 0.493 e. The van der Waals surface area contributed by atoms with Crippen LogP contribution in [0.2, 0.25) is 0 Å². The first kappa shape index (κ1) is 21.8. The van der Waals surface area contributed by atoms with Crippen LogP contribution < -0.4 is 14.8 Å². The number of amides is 1. The molecule has 0 saturated heterocycles. The topological polar surface area (TPSA) is 90.7 Å². The minimum absolute atomic E-state index is 0.0598. The second kappa shape index (κ2) is 9.75. The van der Waals surface area contributed by atoms with Crippen LogP contribution in [-0.4, -0.2) is 24.0 Å². The van der Waals surface area contributed by atoms with Crippen molar-refractivity contribution in [3.8, 4) is 11.5 Å². The Morgan fingerprint density at radius 2 is 1.94 bits per heavy atom. The Kier molecular flexibility index (Phi) is 6.87. The zero-order valence-electron chi connectivity index (χ0n) is 17.9. The lowest BCUT2D eigenvalue weighted by Crippen LogP contribution is -2.08. The molecule has 1 heterocycles. The molecular formula is C24H24N2O5.